The summed E-state index contributed by atoms with van der Waals surface area (Å²) < 4.78 is 5.71. The average molecular weight is 288 g/mol. The van der Waals surface area contributed by atoms with E-state index in [-0.39, 0.29) is 5.54 Å². The minimum Gasteiger partial charge on any atom is -0.378 e. The van der Waals surface area contributed by atoms with Gasteiger partial charge < -0.3 is 10.5 Å². The van der Waals surface area contributed by atoms with Crippen LogP contribution in [-0.4, -0.2) is 37.2 Å². The first-order valence-electron chi connectivity index (χ1n) is 8.37. The normalized spacial score (nSPS) is 33.7. The van der Waals surface area contributed by atoms with Gasteiger partial charge in [-0.2, -0.15) is 0 Å². The fourth-order valence-electron chi connectivity index (χ4n) is 4.28. The van der Waals surface area contributed by atoms with Crippen molar-refractivity contribution >= 4 is 0 Å². The highest BCUT2D eigenvalue weighted by Gasteiger charge is 2.45. The van der Waals surface area contributed by atoms with E-state index in [1.807, 2.05) is 0 Å². The van der Waals surface area contributed by atoms with Crippen LogP contribution in [0.5, 0.6) is 0 Å². The summed E-state index contributed by atoms with van der Waals surface area (Å²) in [6.45, 7) is 7.97. The number of hydrogen-bond donors (Lipinski definition) is 1. The molecule has 1 aliphatic carbocycles. The van der Waals surface area contributed by atoms with Crippen LogP contribution in [0, 0.1) is 0 Å². The third-order valence-electron chi connectivity index (χ3n) is 5.57. The van der Waals surface area contributed by atoms with Crippen LogP contribution in [0.4, 0.5) is 0 Å². The average Bonchev–Trinajstić information content (AvgIpc) is 2.56. The van der Waals surface area contributed by atoms with Crippen molar-refractivity contribution in [3.63, 3.8) is 0 Å². The summed E-state index contributed by atoms with van der Waals surface area (Å²) in [4.78, 5) is 2.65. The Balaban J connectivity index is 2.06. The van der Waals surface area contributed by atoms with Crippen LogP contribution in [0.2, 0.25) is 0 Å². The van der Waals surface area contributed by atoms with Gasteiger partial charge in [0.15, 0.2) is 0 Å². The Morgan fingerprint density at radius 1 is 1.38 bits per heavy atom. The van der Waals surface area contributed by atoms with Gasteiger partial charge in [0.25, 0.3) is 0 Å². The predicted octanol–water partition coefficient (Wildman–Crippen LogP) is 2.85. The lowest BCUT2D eigenvalue weighted by Crippen LogP contribution is -2.60. The zero-order valence-corrected chi connectivity index (χ0v) is 13.3. The molecule has 2 N–H and O–H groups in total. The molecule has 0 saturated carbocycles. The minimum atomic E-state index is 0.00750. The molecule has 1 aliphatic heterocycles. The summed E-state index contributed by atoms with van der Waals surface area (Å²) >= 11 is 0. The molecule has 1 saturated heterocycles. The lowest BCUT2D eigenvalue weighted by Gasteiger charge is -2.52. The zero-order valence-electron chi connectivity index (χ0n) is 13.3. The summed E-state index contributed by atoms with van der Waals surface area (Å²) in [5.74, 6) is 0.641. The number of rotatable bonds is 3. The third kappa shape index (κ3) is 2.41. The van der Waals surface area contributed by atoms with E-state index < -0.39 is 0 Å². The van der Waals surface area contributed by atoms with Crippen molar-refractivity contribution in [3.8, 4) is 0 Å². The van der Waals surface area contributed by atoms with Gasteiger partial charge in [-0.1, -0.05) is 38.1 Å². The molecule has 1 aromatic rings. The summed E-state index contributed by atoms with van der Waals surface area (Å²) in [5.41, 5.74) is 9.33. The van der Waals surface area contributed by atoms with Crippen LogP contribution in [0.25, 0.3) is 0 Å². The molecule has 0 bridgehead atoms. The highest BCUT2D eigenvalue weighted by molar-refractivity contribution is 5.39. The summed E-state index contributed by atoms with van der Waals surface area (Å²) in [6, 6.07) is 9.43. The Kier molecular flexibility index (Phi) is 4.34. The van der Waals surface area contributed by atoms with Crippen LogP contribution in [0.15, 0.2) is 24.3 Å². The minimum absolute atomic E-state index is 0.00750. The Bertz CT molecular complexity index is 490. The second kappa shape index (κ2) is 6.07. The molecular formula is C18H28N2O. The monoisotopic (exact) mass is 288 g/mol. The molecule has 3 atom stereocenters. The van der Waals surface area contributed by atoms with Gasteiger partial charge in [-0.25, -0.2) is 0 Å². The van der Waals surface area contributed by atoms with Crippen molar-refractivity contribution in [3.05, 3.63) is 35.4 Å². The number of nitrogens with zero attached hydrogens (tertiary/aromatic N) is 1. The summed E-state index contributed by atoms with van der Waals surface area (Å²) in [7, 11) is 0. The lowest BCUT2D eigenvalue weighted by atomic mass is 9.70. The van der Waals surface area contributed by atoms with E-state index in [4.69, 9.17) is 10.5 Å². The molecule has 0 aromatic heterocycles. The quantitative estimate of drug-likeness (QED) is 0.929. The summed E-state index contributed by atoms with van der Waals surface area (Å²) in [5, 5.41) is 0. The van der Waals surface area contributed by atoms with Gasteiger partial charge in [0.2, 0.25) is 0 Å². The number of hydrogen-bond acceptors (Lipinski definition) is 3. The van der Waals surface area contributed by atoms with Gasteiger partial charge in [-0.15, -0.1) is 0 Å². The predicted molar refractivity (Wildman–Crippen MR) is 86.4 cm³/mol. The Hall–Kier alpha value is -0.900. The molecule has 1 aromatic carbocycles. The molecule has 3 rings (SSSR count). The Morgan fingerprint density at radius 2 is 2.19 bits per heavy atom. The SMILES string of the molecule is CCC1COCCN1C1(CN)CCC(C)c2ccccc21. The molecule has 21 heavy (non-hydrogen) atoms. The van der Waals surface area contributed by atoms with Crippen LogP contribution in [0.1, 0.15) is 50.2 Å². The van der Waals surface area contributed by atoms with Crippen LogP contribution >= 0.6 is 0 Å². The van der Waals surface area contributed by atoms with E-state index >= 15 is 0 Å². The van der Waals surface area contributed by atoms with Crippen molar-refractivity contribution in [2.45, 2.75) is 50.6 Å². The number of ether oxygens (including phenoxy) is 1. The zero-order chi connectivity index (χ0) is 14.9. The van der Waals surface area contributed by atoms with Gasteiger partial charge in [0.05, 0.1) is 18.8 Å². The molecule has 3 heteroatoms. The number of benzene rings is 1. The molecule has 0 radical (unpaired) electrons. The van der Waals surface area contributed by atoms with Crippen molar-refractivity contribution < 1.29 is 4.74 Å². The van der Waals surface area contributed by atoms with Crippen molar-refractivity contribution in [2.75, 3.05) is 26.3 Å². The number of nitrogens with two attached hydrogens (primary N) is 1. The van der Waals surface area contributed by atoms with Gasteiger partial charge in [0.1, 0.15) is 0 Å². The van der Waals surface area contributed by atoms with Gasteiger partial charge in [-0.3, -0.25) is 4.90 Å². The number of morpholine rings is 1. The molecule has 2 aliphatic rings. The molecule has 3 unspecified atom stereocenters. The largest absolute Gasteiger partial charge is 0.378 e. The molecule has 0 amide bonds. The van der Waals surface area contributed by atoms with Crippen molar-refractivity contribution in [1.29, 1.82) is 0 Å². The first-order chi connectivity index (χ1) is 10.2. The maximum Gasteiger partial charge on any atom is 0.0622 e. The van der Waals surface area contributed by atoms with Crippen LogP contribution in [-0.2, 0) is 10.3 Å². The third-order valence-corrected chi connectivity index (χ3v) is 5.57. The first-order valence-corrected chi connectivity index (χ1v) is 8.37. The second-order valence-electron chi connectivity index (χ2n) is 6.59. The standard InChI is InChI=1S/C18H28N2O/c1-3-15-12-21-11-10-20(15)18(13-19)9-8-14(2)16-6-4-5-7-17(16)18/h4-7,14-15H,3,8-13,19H2,1-2H3. The van der Waals surface area contributed by atoms with Gasteiger partial charge in [0, 0.05) is 19.1 Å². The topological polar surface area (TPSA) is 38.5 Å². The Morgan fingerprint density at radius 3 is 2.95 bits per heavy atom. The van der Waals surface area contributed by atoms with Crippen LogP contribution in [0.3, 0.4) is 0 Å². The van der Waals surface area contributed by atoms with E-state index in [2.05, 4.69) is 43.0 Å². The Labute approximate surface area is 128 Å². The van der Waals surface area contributed by atoms with Crippen molar-refractivity contribution in [1.82, 2.24) is 4.90 Å². The van der Waals surface area contributed by atoms with E-state index in [0.29, 0.717) is 18.5 Å². The van der Waals surface area contributed by atoms with E-state index in [1.54, 1.807) is 0 Å². The maximum absolute atomic E-state index is 6.36. The molecular weight excluding hydrogens is 260 g/mol. The van der Waals surface area contributed by atoms with Gasteiger partial charge >= 0.3 is 0 Å². The highest BCUT2D eigenvalue weighted by atomic mass is 16.5. The molecule has 1 heterocycles. The summed E-state index contributed by atoms with van der Waals surface area (Å²) in [6.07, 6.45) is 3.51. The highest BCUT2D eigenvalue weighted by Crippen LogP contribution is 2.45. The van der Waals surface area contributed by atoms with Gasteiger partial charge in [-0.05, 0) is 36.3 Å². The van der Waals surface area contributed by atoms with Crippen molar-refractivity contribution in [2.24, 2.45) is 5.73 Å². The van der Waals surface area contributed by atoms with Crippen LogP contribution < -0.4 is 5.73 Å². The second-order valence-corrected chi connectivity index (χ2v) is 6.59. The smallest absolute Gasteiger partial charge is 0.0622 e. The maximum atomic E-state index is 6.36. The van der Waals surface area contributed by atoms with E-state index in [0.717, 1.165) is 32.6 Å². The number of fused-ring (bicyclic) bond motifs is 1. The lowest BCUT2D eigenvalue weighted by molar-refractivity contribution is -0.0731. The molecule has 3 nitrogen and oxygen atoms in total. The van der Waals surface area contributed by atoms with E-state index in [9.17, 15) is 0 Å². The molecule has 0 spiro atoms. The molecule has 1 fully saturated rings. The van der Waals surface area contributed by atoms with E-state index in [1.165, 1.54) is 17.5 Å². The fraction of sp³-hybridized carbons (Fsp3) is 0.667. The molecule has 116 valence electrons. The fourth-order valence-corrected chi connectivity index (χ4v) is 4.28. The first kappa shape index (κ1) is 15.0.